The SMILES string of the molecule is C=CN=C(N=C)c1cc(C(=O)O)cc(-c2cc(C(=O)O)ccn2)n1.FC(F)(F)c1cc(-c2cccc(-c3ccccn3)n2)[n-]n1.[Ru+]. The molecule has 0 fully saturated rings. The second-order valence-electron chi connectivity index (χ2n) is 8.70. The number of nitrogens with zero attached hydrogens (tertiary/aromatic N) is 8. The molecule has 12 nitrogen and oxygen atoms in total. The van der Waals surface area contributed by atoms with Crippen molar-refractivity contribution in [3.05, 3.63) is 114 Å². The summed E-state index contributed by atoms with van der Waals surface area (Å²) in [5.41, 5.74) is 1.05. The summed E-state index contributed by atoms with van der Waals surface area (Å²) in [7, 11) is 0. The molecule has 5 rings (SSSR count). The predicted octanol–water partition coefficient (Wildman–Crippen LogP) is 5.31. The topological polar surface area (TPSA) is 178 Å². The Morgan fingerprint density at radius 2 is 1.48 bits per heavy atom. The fourth-order valence-corrected chi connectivity index (χ4v) is 3.67. The molecular weight excluding hydrogens is 694 g/mol. The predicted molar refractivity (Wildman–Crippen MR) is 157 cm³/mol. The smallest absolute Gasteiger partial charge is 0.573 e. The third kappa shape index (κ3) is 8.66. The first kappa shape index (κ1) is 34.7. The summed E-state index contributed by atoms with van der Waals surface area (Å²) in [6.45, 7) is 6.81. The van der Waals surface area contributed by atoms with Crippen molar-refractivity contribution in [1.82, 2.24) is 30.1 Å². The van der Waals surface area contributed by atoms with Crippen molar-refractivity contribution >= 4 is 24.5 Å². The molecule has 0 atom stereocenters. The van der Waals surface area contributed by atoms with Crippen LogP contribution in [0.3, 0.4) is 0 Å². The Balaban J connectivity index is 0.000000247. The Labute approximate surface area is 271 Å². The van der Waals surface area contributed by atoms with E-state index in [1.54, 1.807) is 42.6 Å². The second kappa shape index (κ2) is 15.3. The van der Waals surface area contributed by atoms with Crippen molar-refractivity contribution in [2.24, 2.45) is 9.98 Å². The molecule has 2 N–H and O–H groups in total. The number of hydrogen-bond donors (Lipinski definition) is 2. The number of halogens is 3. The van der Waals surface area contributed by atoms with E-state index in [0.717, 1.165) is 6.07 Å². The number of aromatic nitrogens is 6. The number of carboxylic acid groups (broad SMARTS) is 2. The molecule has 5 aromatic heterocycles. The monoisotopic (exact) mass is 715 g/mol. The molecule has 0 unspecified atom stereocenters. The van der Waals surface area contributed by atoms with Crippen molar-refractivity contribution in [2.45, 2.75) is 6.18 Å². The van der Waals surface area contributed by atoms with E-state index in [4.69, 9.17) is 5.11 Å². The molecule has 0 bridgehead atoms. The minimum Gasteiger partial charge on any atom is -0.573 e. The van der Waals surface area contributed by atoms with E-state index >= 15 is 0 Å². The normalized spacial score (nSPS) is 11.0. The van der Waals surface area contributed by atoms with Crippen LogP contribution in [0, 0.1) is 0 Å². The molecule has 1 radical (unpaired) electrons. The van der Waals surface area contributed by atoms with E-state index in [9.17, 15) is 27.9 Å². The van der Waals surface area contributed by atoms with Gasteiger partial charge in [-0.3, -0.25) is 9.97 Å². The van der Waals surface area contributed by atoms with Crippen LogP contribution >= 0.6 is 0 Å². The Bertz CT molecular complexity index is 1910. The molecule has 0 saturated heterocycles. The van der Waals surface area contributed by atoms with Crippen LogP contribution in [0.1, 0.15) is 32.1 Å². The first-order chi connectivity index (χ1) is 21.5. The van der Waals surface area contributed by atoms with E-state index in [2.05, 4.69) is 53.4 Å². The van der Waals surface area contributed by atoms with Crippen molar-refractivity contribution < 1.29 is 52.5 Å². The first-order valence-corrected chi connectivity index (χ1v) is 12.6. The van der Waals surface area contributed by atoms with Gasteiger partial charge in [0.05, 0.1) is 39.6 Å². The van der Waals surface area contributed by atoms with Gasteiger partial charge in [0, 0.05) is 18.6 Å². The van der Waals surface area contributed by atoms with Crippen molar-refractivity contribution in [1.29, 1.82) is 0 Å². The Hall–Kier alpha value is -5.76. The zero-order chi connectivity index (χ0) is 32.6. The third-order valence-electron chi connectivity index (χ3n) is 5.70. The summed E-state index contributed by atoms with van der Waals surface area (Å²) in [5.74, 6) is -2.23. The summed E-state index contributed by atoms with van der Waals surface area (Å²) in [6, 6.07) is 16.4. The number of alkyl halides is 3. The van der Waals surface area contributed by atoms with E-state index in [1.807, 2.05) is 0 Å². The molecule has 0 aliphatic carbocycles. The van der Waals surface area contributed by atoms with Gasteiger partial charge in [0.1, 0.15) is 11.4 Å². The van der Waals surface area contributed by atoms with E-state index in [0.29, 0.717) is 17.1 Å². The number of carbonyl (C=O) groups is 2. The second-order valence-corrected chi connectivity index (χ2v) is 8.70. The summed E-state index contributed by atoms with van der Waals surface area (Å²) in [5, 5.41) is 25.0. The maximum Gasteiger partial charge on any atom is 1.00 e. The number of aromatic carboxylic acids is 2. The van der Waals surface area contributed by atoms with Gasteiger partial charge in [-0.05, 0) is 61.3 Å². The maximum atomic E-state index is 12.5. The molecular formula is C30H20F3N8O4Ru. The minimum absolute atomic E-state index is 0. The van der Waals surface area contributed by atoms with E-state index < -0.39 is 23.8 Å². The first-order valence-electron chi connectivity index (χ1n) is 12.6. The zero-order valence-electron chi connectivity index (χ0n) is 23.3. The Morgan fingerprint density at radius 1 is 0.804 bits per heavy atom. The number of aliphatic imine (C=N–C) groups is 2. The molecule has 16 heteroatoms. The summed E-state index contributed by atoms with van der Waals surface area (Å²) >= 11 is 0. The van der Waals surface area contributed by atoms with Gasteiger partial charge in [-0.15, -0.1) is 0 Å². The van der Waals surface area contributed by atoms with Crippen LogP contribution in [0.4, 0.5) is 13.2 Å². The van der Waals surface area contributed by atoms with Gasteiger partial charge >= 0.3 is 37.6 Å². The van der Waals surface area contributed by atoms with Crippen LogP contribution in [0.25, 0.3) is 34.2 Å². The summed E-state index contributed by atoms with van der Waals surface area (Å²) in [6.07, 6.45) is -0.363. The van der Waals surface area contributed by atoms with Crippen LogP contribution < -0.4 is 5.10 Å². The van der Waals surface area contributed by atoms with Crippen LogP contribution in [0.15, 0.2) is 102 Å². The number of pyridine rings is 4. The van der Waals surface area contributed by atoms with Gasteiger partial charge in [0.15, 0.2) is 5.84 Å². The Kier molecular flexibility index (Phi) is 11.6. The standard InChI is InChI=1S/C16H12N4O4.C14H8F3N4.Ru/c1-3-18-14(17-2)13-8-10(16(23)24)7-12(20-13)11-6-9(15(21)22)4-5-19-11;15-14(16,17)13-8-12(20-21-13)11-6-3-5-10(19-11)9-4-1-2-7-18-9;/h3-8H,1-2H2,(H,21,22)(H,23,24);1-8H;/q;-1;+1. The molecule has 0 aliphatic heterocycles. The number of carboxylic acids is 2. The van der Waals surface area contributed by atoms with Gasteiger partial charge in [0.2, 0.25) is 0 Å². The molecule has 0 aliphatic rings. The molecule has 0 spiro atoms. The Morgan fingerprint density at radius 3 is 2.09 bits per heavy atom. The van der Waals surface area contributed by atoms with Crippen molar-refractivity contribution in [3.8, 4) is 34.2 Å². The molecule has 0 aromatic carbocycles. The summed E-state index contributed by atoms with van der Waals surface area (Å²) < 4.78 is 37.6. The van der Waals surface area contributed by atoms with Crippen LogP contribution in [0.2, 0.25) is 0 Å². The van der Waals surface area contributed by atoms with E-state index in [1.165, 1.54) is 36.7 Å². The zero-order valence-corrected chi connectivity index (χ0v) is 25.0. The van der Waals surface area contributed by atoms with Gasteiger partial charge in [-0.2, -0.15) is 13.2 Å². The molecule has 5 aromatic rings. The largest absolute Gasteiger partial charge is 1.00 e. The van der Waals surface area contributed by atoms with Crippen LogP contribution in [-0.4, -0.2) is 59.7 Å². The molecule has 0 amide bonds. The number of rotatable bonds is 7. The average molecular weight is 715 g/mol. The molecule has 233 valence electrons. The van der Waals surface area contributed by atoms with Gasteiger partial charge in [0.25, 0.3) is 0 Å². The quantitative estimate of drug-likeness (QED) is 0.128. The fraction of sp³-hybridized carbons (Fsp3) is 0.0333. The average Bonchev–Trinajstić information content (AvgIpc) is 3.56. The maximum absolute atomic E-state index is 12.5. The molecule has 5 heterocycles. The van der Waals surface area contributed by atoms with Crippen molar-refractivity contribution in [2.75, 3.05) is 0 Å². The van der Waals surface area contributed by atoms with Crippen molar-refractivity contribution in [3.63, 3.8) is 0 Å². The van der Waals surface area contributed by atoms with Crippen LogP contribution in [0.5, 0.6) is 0 Å². The van der Waals surface area contributed by atoms with E-state index in [-0.39, 0.29) is 59.2 Å². The van der Waals surface area contributed by atoms with Crippen LogP contribution in [-0.2, 0) is 25.7 Å². The number of amidine groups is 1. The molecule has 46 heavy (non-hydrogen) atoms. The minimum atomic E-state index is -4.51. The third-order valence-corrected chi connectivity index (χ3v) is 5.70. The molecule has 0 saturated carbocycles. The fourth-order valence-electron chi connectivity index (χ4n) is 3.67. The van der Waals surface area contributed by atoms with Gasteiger partial charge in [-0.1, -0.05) is 24.4 Å². The van der Waals surface area contributed by atoms with Gasteiger partial charge in [-0.25, -0.2) is 29.5 Å². The van der Waals surface area contributed by atoms with Gasteiger partial charge < -0.3 is 20.4 Å². The number of hydrogen-bond acceptors (Lipinski definition) is 8. The summed E-state index contributed by atoms with van der Waals surface area (Å²) in [4.78, 5) is 46.7.